The predicted molar refractivity (Wildman–Crippen MR) is 117 cm³/mol. The van der Waals surface area contributed by atoms with Crippen LogP contribution in [0.1, 0.15) is 11.1 Å². The number of nitrogens with zero attached hydrogens (tertiary/aromatic N) is 1. The van der Waals surface area contributed by atoms with Crippen LogP contribution in [0.5, 0.6) is 5.75 Å². The highest BCUT2D eigenvalue weighted by Gasteiger charge is 2.25. The standard InChI is InChI=1S/C22H17ClN2O2S/c1-13-17(23)8-5-9-18(13)24-22-25-21(26)20(28-22)12-16-15-7-4-3-6-14(15)10-11-19(16)27-2/h3-12H,1-2H3,(H,24,25,26). The summed E-state index contributed by atoms with van der Waals surface area (Å²) in [5.74, 6) is 0.536. The van der Waals surface area contributed by atoms with Crippen molar-refractivity contribution in [3.05, 3.63) is 75.7 Å². The summed E-state index contributed by atoms with van der Waals surface area (Å²) in [6.45, 7) is 1.90. The van der Waals surface area contributed by atoms with Crippen LogP contribution in [-0.4, -0.2) is 18.2 Å². The third kappa shape index (κ3) is 3.51. The number of rotatable bonds is 3. The summed E-state index contributed by atoms with van der Waals surface area (Å²) in [6, 6.07) is 17.5. The Morgan fingerprint density at radius 3 is 2.75 bits per heavy atom. The van der Waals surface area contributed by atoms with Crippen molar-refractivity contribution in [1.29, 1.82) is 0 Å². The van der Waals surface area contributed by atoms with Gasteiger partial charge in [0.2, 0.25) is 0 Å². The summed E-state index contributed by atoms with van der Waals surface area (Å²) in [7, 11) is 1.63. The first-order chi connectivity index (χ1) is 13.6. The van der Waals surface area contributed by atoms with Gasteiger partial charge in [-0.3, -0.25) is 4.79 Å². The molecule has 140 valence electrons. The Bertz CT molecular complexity index is 1150. The minimum Gasteiger partial charge on any atom is -0.496 e. The highest BCUT2D eigenvalue weighted by molar-refractivity contribution is 8.18. The second-order valence-electron chi connectivity index (χ2n) is 6.27. The number of amidine groups is 1. The van der Waals surface area contributed by atoms with E-state index in [0.717, 1.165) is 33.3 Å². The van der Waals surface area contributed by atoms with Crippen LogP contribution in [0.15, 0.2) is 64.5 Å². The number of hydrogen-bond donors (Lipinski definition) is 1. The van der Waals surface area contributed by atoms with Gasteiger partial charge < -0.3 is 10.1 Å². The van der Waals surface area contributed by atoms with Crippen molar-refractivity contribution in [3.8, 4) is 5.75 Å². The van der Waals surface area contributed by atoms with Crippen molar-refractivity contribution in [3.63, 3.8) is 0 Å². The van der Waals surface area contributed by atoms with Crippen LogP contribution in [0.3, 0.4) is 0 Å². The molecular weight excluding hydrogens is 392 g/mol. The quantitative estimate of drug-likeness (QED) is 0.565. The Morgan fingerprint density at radius 2 is 1.93 bits per heavy atom. The first kappa shape index (κ1) is 18.6. The van der Waals surface area contributed by atoms with Crippen LogP contribution in [0.2, 0.25) is 5.02 Å². The van der Waals surface area contributed by atoms with Gasteiger partial charge in [0.05, 0.1) is 17.7 Å². The lowest BCUT2D eigenvalue weighted by Gasteiger charge is -2.09. The van der Waals surface area contributed by atoms with E-state index >= 15 is 0 Å². The average molecular weight is 409 g/mol. The molecule has 0 radical (unpaired) electrons. The summed E-state index contributed by atoms with van der Waals surface area (Å²) in [5, 5.41) is 6.11. The number of halogens is 1. The van der Waals surface area contributed by atoms with E-state index in [4.69, 9.17) is 16.3 Å². The van der Waals surface area contributed by atoms with Crippen LogP contribution in [0, 0.1) is 6.92 Å². The number of fused-ring (bicyclic) bond motifs is 1. The molecule has 1 aliphatic rings. The van der Waals surface area contributed by atoms with Crippen molar-refractivity contribution in [2.24, 2.45) is 4.99 Å². The van der Waals surface area contributed by atoms with E-state index in [-0.39, 0.29) is 5.91 Å². The molecule has 1 heterocycles. The van der Waals surface area contributed by atoms with Crippen LogP contribution < -0.4 is 10.1 Å². The van der Waals surface area contributed by atoms with Gasteiger partial charge in [-0.2, -0.15) is 0 Å². The predicted octanol–water partition coefficient (Wildman–Crippen LogP) is 5.70. The second-order valence-corrected chi connectivity index (χ2v) is 7.71. The number of hydrogen-bond acceptors (Lipinski definition) is 4. The number of ether oxygens (including phenoxy) is 1. The van der Waals surface area contributed by atoms with Gasteiger partial charge in [-0.1, -0.05) is 48.0 Å². The van der Waals surface area contributed by atoms with E-state index in [1.54, 1.807) is 7.11 Å². The topological polar surface area (TPSA) is 50.7 Å². The summed E-state index contributed by atoms with van der Waals surface area (Å²) >= 11 is 7.47. The van der Waals surface area contributed by atoms with E-state index in [1.807, 2.05) is 67.6 Å². The third-order valence-corrected chi connectivity index (χ3v) is 5.86. The van der Waals surface area contributed by atoms with Crippen molar-refractivity contribution < 1.29 is 9.53 Å². The van der Waals surface area contributed by atoms with Gasteiger partial charge in [0.15, 0.2) is 5.17 Å². The molecule has 1 aliphatic heterocycles. The van der Waals surface area contributed by atoms with Crippen molar-refractivity contribution in [2.75, 3.05) is 7.11 Å². The zero-order valence-corrected chi connectivity index (χ0v) is 16.9. The Labute approximate surface area is 172 Å². The fourth-order valence-electron chi connectivity index (χ4n) is 3.04. The summed E-state index contributed by atoms with van der Waals surface area (Å²) in [6.07, 6.45) is 1.86. The highest BCUT2D eigenvalue weighted by Crippen LogP contribution is 2.35. The van der Waals surface area contributed by atoms with E-state index in [2.05, 4.69) is 10.3 Å². The molecule has 0 spiro atoms. The minimum atomic E-state index is -0.182. The molecule has 1 fully saturated rings. The van der Waals surface area contributed by atoms with Crippen molar-refractivity contribution >= 4 is 57.0 Å². The van der Waals surface area contributed by atoms with Crippen LogP contribution in [0.25, 0.3) is 16.8 Å². The Morgan fingerprint density at radius 1 is 1.11 bits per heavy atom. The van der Waals surface area contributed by atoms with E-state index in [1.165, 1.54) is 11.8 Å². The van der Waals surface area contributed by atoms with Crippen molar-refractivity contribution in [2.45, 2.75) is 6.92 Å². The molecule has 1 saturated heterocycles. The molecule has 1 N–H and O–H groups in total. The SMILES string of the molecule is COc1ccc2ccccc2c1C=C1SC(=Nc2cccc(Cl)c2C)NC1=O. The number of benzene rings is 3. The number of methoxy groups -OCH3 is 1. The molecule has 3 aromatic rings. The van der Waals surface area contributed by atoms with Crippen LogP contribution >= 0.6 is 23.4 Å². The second kappa shape index (κ2) is 7.70. The maximum absolute atomic E-state index is 12.5. The molecule has 0 aliphatic carbocycles. The van der Waals surface area contributed by atoms with Crippen LogP contribution in [0.4, 0.5) is 5.69 Å². The van der Waals surface area contributed by atoms with Gasteiger partial charge in [-0.15, -0.1) is 0 Å². The molecule has 1 amide bonds. The minimum absolute atomic E-state index is 0.182. The van der Waals surface area contributed by atoms with Gasteiger partial charge in [0.25, 0.3) is 5.91 Å². The fraction of sp³-hybridized carbons (Fsp3) is 0.0909. The number of thioether (sulfide) groups is 1. The van der Waals surface area contributed by atoms with Gasteiger partial charge in [0.1, 0.15) is 5.75 Å². The summed E-state index contributed by atoms with van der Waals surface area (Å²) in [4.78, 5) is 17.6. The zero-order chi connectivity index (χ0) is 19.7. The van der Waals surface area contributed by atoms with Gasteiger partial charge in [0, 0.05) is 10.6 Å². The van der Waals surface area contributed by atoms with Gasteiger partial charge in [-0.25, -0.2) is 4.99 Å². The van der Waals surface area contributed by atoms with E-state index in [0.29, 0.717) is 15.1 Å². The largest absolute Gasteiger partial charge is 0.496 e. The molecule has 0 atom stereocenters. The molecule has 28 heavy (non-hydrogen) atoms. The van der Waals surface area contributed by atoms with Crippen LogP contribution in [-0.2, 0) is 4.79 Å². The van der Waals surface area contributed by atoms with E-state index < -0.39 is 0 Å². The molecule has 0 bridgehead atoms. The molecule has 4 nitrogen and oxygen atoms in total. The lowest BCUT2D eigenvalue weighted by molar-refractivity contribution is -0.115. The monoisotopic (exact) mass is 408 g/mol. The maximum atomic E-state index is 12.5. The molecule has 3 aromatic carbocycles. The molecule has 0 saturated carbocycles. The lowest BCUT2D eigenvalue weighted by Crippen LogP contribution is -2.19. The first-order valence-electron chi connectivity index (χ1n) is 8.67. The van der Waals surface area contributed by atoms with Gasteiger partial charge in [-0.05, 0) is 59.3 Å². The van der Waals surface area contributed by atoms with Crippen molar-refractivity contribution in [1.82, 2.24) is 5.32 Å². The Kier molecular flexibility index (Phi) is 5.11. The molecule has 0 aromatic heterocycles. The fourth-order valence-corrected chi connectivity index (χ4v) is 4.03. The maximum Gasteiger partial charge on any atom is 0.264 e. The summed E-state index contributed by atoms with van der Waals surface area (Å²) < 4.78 is 5.52. The number of nitrogens with one attached hydrogen (secondary N) is 1. The first-order valence-corrected chi connectivity index (χ1v) is 9.86. The number of carbonyl (C=O) groups excluding carboxylic acids is 1. The Balaban J connectivity index is 1.74. The number of aliphatic imine (C=N–C) groups is 1. The average Bonchev–Trinajstić information content (AvgIpc) is 3.04. The highest BCUT2D eigenvalue weighted by atomic mass is 35.5. The summed E-state index contributed by atoms with van der Waals surface area (Å²) in [5.41, 5.74) is 2.48. The van der Waals surface area contributed by atoms with Gasteiger partial charge >= 0.3 is 0 Å². The zero-order valence-electron chi connectivity index (χ0n) is 15.3. The third-order valence-electron chi connectivity index (χ3n) is 4.54. The lowest BCUT2D eigenvalue weighted by atomic mass is 10.0. The molecule has 4 rings (SSSR count). The normalized spacial score (nSPS) is 16.8. The number of carbonyl (C=O) groups is 1. The molecule has 6 heteroatoms. The molecule has 0 unspecified atom stereocenters. The van der Waals surface area contributed by atoms with E-state index in [9.17, 15) is 4.79 Å². The Hall–Kier alpha value is -2.76. The molecular formula is C22H17ClN2O2S. The smallest absolute Gasteiger partial charge is 0.264 e. The number of amides is 1.